The topological polar surface area (TPSA) is 88.3 Å². The fourth-order valence-corrected chi connectivity index (χ4v) is 3.61. The highest BCUT2D eigenvalue weighted by atomic mass is 16.5. The van der Waals surface area contributed by atoms with E-state index < -0.39 is 0 Å². The van der Waals surface area contributed by atoms with Gasteiger partial charge in [0.15, 0.2) is 0 Å². The Morgan fingerprint density at radius 3 is 2.85 bits per heavy atom. The zero-order valence-corrected chi connectivity index (χ0v) is 14.7. The second-order valence-corrected chi connectivity index (χ2v) is 7.47. The van der Waals surface area contributed by atoms with Gasteiger partial charge >= 0.3 is 0 Å². The summed E-state index contributed by atoms with van der Waals surface area (Å²) in [7, 11) is 0. The van der Waals surface area contributed by atoms with Crippen LogP contribution in [0.4, 0.5) is 11.8 Å². The predicted octanol–water partition coefficient (Wildman–Crippen LogP) is 1.30. The third-order valence-corrected chi connectivity index (χ3v) is 5.36. The van der Waals surface area contributed by atoms with Crippen molar-refractivity contribution in [1.82, 2.24) is 19.5 Å². The number of nitrogens with one attached hydrogen (secondary N) is 1. The fraction of sp³-hybridized carbons (Fsp3) is 0.611. The van der Waals surface area contributed by atoms with Crippen LogP contribution in [0.1, 0.15) is 42.6 Å². The lowest BCUT2D eigenvalue weighted by Crippen LogP contribution is -2.51. The number of β-amino-alcohol motifs (C(OH)–C–C–N with tert-alkyl or cyclic N) is 1. The molecule has 0 radical (unpaired) electrons. The third kappa shape index (κ3) is 3.14. The van der Waals surface area contributed by atoms with Crippen LogP contribution < -0.4 is 10.2 Å². The van der Waals surface area contributed by atoms with Crippen LogP contribution in [0.2, 0.25) is 0 Å². The van der Waals surface area contributed by atoms with Gasteiger partial charge in [0.2, 0.25) is 5.95 Å². The molecule has 3 aliphatic rings. The molecule has 0 spiro atoms. The molecule has 26 heavy (non-hydrogen) atoms. The molecule has 138 valence electrons. The summed E-state index contributed by atoms with van der Waals surface area (Å²) in [5.41, 5.74) is 2.20. The Labute approximate surface area is 152 Å². The molecule has 1 aliphatic carbocycles. The number of imidazole rings is 1. The molecular formula is C18H24N6O2. The van der Waals surface area contributed by atoms with Gasteiger partial charge in [-0.3, -0.25) is 0 Å². The number of aliphatic hydroxyl groups is 1. The first-order valence-electron chi connectivity index (χ1n) is 9.40. The Hall–Kier alpha value is -2.19. The highest BCUT2D eigenvalue weighted by Gasteiger charge is 2.29. The van der Waals surface area contributed by atoms with Gasteiger partial charge in [-0.1, -0.05) is 0 Å². The molecule has 2 aliphatic heterocycles. The number of hydrogen-bond acceptors (Lipinski definition) is 7. The summed E-state index contributed by atoms with van der Waals surface area (Å²) in [6, 6.07) is 2.65. The van der Waals surface area contributed by atoms with E-state index in [1.54, 1.807) is 0 Å². The van der Waals surface area contributed by atoms with Crippen molar-refractivity contribution >= 4 is 11.8 Å². The van der Waals surface area contributed by atoms with Gasteiger partial charge in [0, 0.05) is 43.9 Å². The van der Waals surface area contributed by atoms with E-state index in [9.17, 15) is 5.11 Å². The van der Waals surface area contributed by atoms with E-state index in [0.717, 1.165) is 24.5 Å². The van der Waals surface area contributed by atoms with Crippen molar-refractivity contribution in [2.75, 3.05) is 36.5 Å². The number of ether oxygens (including phenoxy) is 1. The van der Waals surface area contributed by atoms with Crippen LogP contribution in [0.25, 0.3) is 0 Å². The Kier molecular flexibility index (Phi) is 4.01. The van der Waals surface area contributed by atoms with Crippen molar-refractivity contribution in [3.05, 3.63) is 30.0 Å². The average molecular weight is 356 g/mol. The molecule has 8 heteroatoms. The summed E-state index contributed by atoms with van der Waals surface area (Å²) in [4.78, 5) is 15.7. The Morgan fingerprint density at radius 2 is 2.12 bits per heavy atom. The molecular weight excluding hydrogens is 332 g/mol. The number of rotatable bonds is 6. The molecule has 5 rings (SSSR count). The van der Waals surface area contributed by atoms with Gasteiger partial charge in [-0.05, 0) is 19.3 Å². The predicted molar refractivity (Wildman–Crippen MR) is 96.3 cm³/mol. The van der Waals surface area contributed by atoms with Crippen molar-refractivity contribution in [2.45, 2.75) is 43.9 Å². The minimum Gasteiger partial charge on any atom is -0.389 e. The van der Waals surface area contributed by atoms with Crippen molar-refractivity contribution in [2.24, 2.45) is 0 Å². The first kappa shape index (κ1) is 16.0. The smallest absolute Gasteiger partial charge is 0.227 e. The maximum Gasteiger partial charge on any atom is 0.227 e. The fourth-order valence-electron chi connectivity index (χ4n) is 3.61. The Morgan fingerprint density at radius 1 is 1.23 bits per heavy atom. The molecule has 2 aromatic heterocycles. The maximum absolute atomic E-state index is 9.60. The number of nitrogens with zero attached hydrogens (tertiary/aromatic N) is 5. The summed E-state index contributed by atoms with van der Waals surface area (Å²) in [5.74, 6) is 1.83. The van der Waals surface area contributed by atoms with Gasteiger partial charge in [0.1, 0.15) is 5.82 Å². The van der Waals surface area contributed by atoms with Crippen molar-refractivity contribution in [3.8, 4) is 0 Å². The highest BCUT2D eigenvalue weighted by molar-refractivity contribution is 5.46. The van der Waals surface area contributed by atoms with Gasteiger partial charge in [0.05, 0.1) is 37.0 Å². The Balaban J connectivity index is 1.36. The second kappa shape index (κ2) is 6.51. The van der Waals surface area contributed by atoms with E-state index in [2.05, 4.69) is 19.9 Å². The van der Waals surface area contributed by atoms with Crippen molar-refractivity contribution in [3.63, 3.8) is 0 Å². The van der Waals surface area contributed by atoms with Gasteiger partial charge in [-0.25, -0.2) is 9.97 Å². The summed E-state index contributed by atoms with van der Waals surface area (Å²) in [5, 5.41) is 13.1. The largest absolute Gasteiger partial charge is 0.389 e. The minimum atomic E-state index is -0.277. The highest BCUT2D eigenvalue weighted by Crippen LogP contribution is 2.35. The minimum absolute atomic E-state index is 0.277. The number of anilines is 2. The van der Waals surface area contributed by atoms with Gasteiger partial charge in [-0.15, -0.1) is 0 Å². The third-order valence-electron chi connectivity index (χ3n) is 5.36. The molecule has 2 N–H and O–H groups in total. The van der Waals surface area contributed by atoms with E-state index in [1.165, 1.54) is 18.5 Å². The van der Waals surface area contributed by atoms with E-state index in [4.69, 9.17) is 9.72 Å². The van der Waals surface area contributed by atoms with Crippen LogP contribution in [0.3, 0.4) is 0 Å². The van der Waals surface area contributed by atoms with Crippen molar-refractivity contribution in [1.29, 1.82) is 0 Å². The monoisotopic (exact) mass is 356 g/mol. The Bertz CT molecular complexity index is 778. The van der Waals surface area contributed by atoms with Gasteiger partial charge in [-0.2, -0.15) is 4.98 Å². The standard InChI is InChI=1S/C18H24N6O2/c25-15-8-23(9-15)18-21-16(12-3-4-26-10-12)5-17(22-18)20-7-14-6-19-11-24(14)13-1-2-13/h5-6,11-13,15,25H,1-4,7-10H2,(H,20,21,22)/t12-/m1/s1. The first-order chi connectivity index (χ1) is 12.8. The molecule has 4 heterocycles. The summed E-state index contributed by atoms with van der Waals surface area (Å²) in [6.45, 7) is 3.38. The number of aliphatic hydroxyl groups excluding tert-OH is 1. The van der Waals surface area contributed by atoms with E-state index in [-0.39, 0.29) is 6.10 Å². The van der Waals surface area contributed by atoms with Crippen LogP contribution in [0, 0.1) is 0 Å². The van der Waals surface area contributed by atoms with E-state index in [0.29, 0.717) is 44.1 Å². The molecule has 1 saturated carbocycles. The van der Waals surface area contributed by atoms with E-state index in [1.807, 2.05) is 23.5 Å². The lowest BCUT2D eigenvalue weighted by atomic mass is 10.0. The van der Waals surface area contributed by atoms with Gasteiger partial charge in [0.25, 0.3) is 0 Å². The zero-order chi connectivity index (χ0) is 17.5. The van der Waals surface area contributed by atoms with Crippen LogP contribution in [0.15, 0.2) is 18.6 Å². The maximum atomic E-state index is 9.60. The molecule has 8 nitrogen and oxygen atoms in total. The summed E-state index contributed by atoms with van der Waals surface area (Å²) < 4.78 is 7.79. The first-order valence-corrected chi connectivity index (χ1v) is 9.40. The van der Waals surface area contributed by atoms with Crippen molar-refractivity contribution < 1.29 is 9.84 Å². The molecule has 0 unspecified atom stereocenters. The molecule has 0 aromatic carbocycles. The molecule has 0 bridgehead atoms. The zero-order valence-electron chi connectivity index (χ0n) is 14.7. The van der Waals surface area contributed by atoms with Crippen LogP contribution >= 0.6 is 0 Å². The SMILES string of the molecule is OC1CN(c2nc(NCc3cncn3C3CC3)cc([C@@H]3CCOC3)n2)C1. The van der Waals surface area contributed by atoms with Crippen LogP contribution in [0.5, 0.6) is 0 Å². The van der Waals surface area contributed by atoms with Crippen LogP contribution in [-0.4, -0.2) is 57.0 Å². The quantitative estimate of drug-likeness (QED) is 0.807. The van der Waals surface area contributed by atoms with Gasteiger partial charge < -0.3 is 24.6 Å². The molecule has 2 aromatic rings. The lowest BCUT2D eigenvalue weighted by molar-refractivity contribution is 0.140. The lowest BCUT2D eigenvalue weighted by Gasteiger charge is -2.36. The average Bonchev–Trinajstić information content (AvgIpc) is 3.12. The number of aromatic nitrogens is 4. The summed E-state index contributed by atoms with van der Waals surface area (Å²) >= 11 is 0. The molecule has 0 amide bonds. The molecule has 3 fully saturated rings. The number of hydrogen-bond donors (Lipinski definition) is 2. The normalized spacial score (nSPS) is 23.3. The second-order valence-electron chi connectivity index (χ2n) is 7.47. The van der Waals surface area contributed by atoms with Crippen LogP contribution in [-0.2, 0) is 11.3 Å². The van der Waals surface area contributed by atoms with E-state index >= 15 is 0 Å². The summed E-state index contributed by atoms with van der Waals surface area (Å²) in [6.07, 6.45) is 7.04. The molecule has 1 atom stereocenters. The molecule has 2 saturated heterocycles.